The molecule has 0 amide bonds. The molecule has 0 saturated heterocycles. The van der Waals surface area contributed by atoms with Crippen LogP contribution in [0, 0.1) is 0 Å². The zero-order valence-electron chi connectivity index (χ0n) is 15.2. The van der Waals surface area contributed by atoms with E-state index in [4.69, 9.17) is 11.6 Å². The fourth-order valence-corrected chi connectivity index (χ4v) is 4.32. The van der Waals surface area contributed by atoms with Crippen LogP contribution in [0.3, 0.4) is 0 Å². The van der Waals surface area contributed by atoms with Gasteiger partial charge in [-0.05, 0) is 81.6 Å². The van der Waals surface area contributed by atoms with Crippen LogP contribution in [0.5, 0.6) is 0 Å². The van der Waals surface area contributed by atoms with Crippen molar-refractivity contribution in [3.05, 3.63) is 70.2 Å². The molecule has 1 N–H and O–H groups in total. The van der Waals surface area contributed by atoms with Gasteiger partial charge in [0.2, 0.25) is 0 Å². The van der Waals surface area contributed by atoms with Gasteiger partial charge in [-0.3, -0.25) is 0 Å². The minimum Gasteiger partial charge on any atom is -0.385 e. The standard InChI is InChI=1S/C22H28ClNO/c1-24(2)16-6-15-22(25)20-9-4-3-7-17(20)8-5-10-21(22)18-11-13-19(23)14-12-18/h3-4,7,9,11-14,21,25H,5-6,8,10,15-16H2,1-2H3/t21-,22-/m0/s1. The van der Waals surface area contributed by atoms with Gasteiger partial charge in [-0.25, -0.2) is 0 Å². The van der Waals surface area contributed by atoms with Crippen LogP contribution >= 0.6 is 11.6 Å². The first-order chi connectivity index (χ1) is 12.0. The number of rotatable bonds is 5. The minimum absolute atomic E-state index is 0.107. The Balaban J connectivity index is 2.00. The van der Waals surface area contributed by atoms with Crippen molar-refractivity contribution in [2.75, 3.05) is 20.6 Å². The molecule has 2 aromatic carbocycles. The number of fused-ring (bicyclic) bond motifs is 1. The van der Waals surface area contributed by atoms with Crippen molar-refractivity contribution in [3.63, 3.8) is 0 Å². The van der Waals surface area contributed by atoms with Crippen molar-refractivity contribution in [2.24, 2.45) is 0 Å². The summed E-state index contributed by atoms with van der Waals surface area (Å²) in [5.41, 5.74) is 2.78. The van der Waals surface area contributed by atoms with Gasteiger partial charge in [-0.2, -0.15) is 0 Å². The lowest BCUT2D eigenvalue weighted by molar-refractivity contribution is -0.00604. The monoisotopic (exact) mass is 357 g/mol. The maximum atomic E-state index is 11.9. The highest BCUT2D eigenvalue weighted by molar-refractivity contribution is 6.30. The van der Waals surface area contributed by atoms with Crippen LogP contribution in [0.1, 0.15) is 48.3 Å². The molecule has 2 nitrogen and oxygen atoms in total. The second-order valence-corrected chi connectivity index (χ2v) is 7.92. The Morgan fingerprint density at radius 3 is 2.56 bits per heavy atom. The fraction of sp³-hybridized carbons (Fsp3) is 0.455. The lowest BCUT2D eigenvalue weighted by Crippen LogP contribution is -2.34. The zero-order chi connectivity index (χ0) is 17.9. The Hall–Kier alpha value is -1.35. The molecule has 1 aliphatic carbocycles. The van der Waals surface area contributed by atoms with Crippen LogP contribution in [0.25, 0.3) is 0 Å². The molecule has 0 saturated carbocycles. The number of aryl methyl sites for hydroxylation is 1. The molecule has 0 aliphatic heterocycles. The Morgan fingerprint density at radius 1 is 1.12 bits per heavy atom. The second-order valence-electron chi connectivity index (χ2n) is 7.48. The van der Waals surface area contributed by atoms with E-state index < -0.39 is 5.60 Å². The number of benzene rings is 2. The molecule has 25 heavy (non-hydrogen) atoms. The number of aliphatic hydroxyl groups is 1. The van der Waals surface area contributed by atoms with E-state index in [9.17, 15) is 5.11 Å². The lowest BCUT2D eigenvalue weighted by Gasteiger charge is -2.37. The second kappa shape index (κ2) is 7.90. The summed E-state index contributed by atoms with van der Waals surface area (Å²) in [4.78, 5) is 2.18. The fourth-order valence-electron chi connectivity index (χ4n) is 4.19. The van der Waals surface area contributed by atoms with Crippen molar-refractivity contribution in [1.29, 1.82) is 0 Å². The molecule has 2 atom stereocenters. The highest BCUT2D eigenvalue weighted by Gasteiger charge is 2.41. The molecule has 0 unspecified atom stereocenters. The van der Waals surface area contributed by atoms with Crippen molar-refractivity contribution in [2.45, 2.75) is 43.6 Å². The largest absolute Gasteiger partial charge is 0.385 e. The van der Waals surface area contributed by atoms with Crippen LogP contribution in [0.2, 0.25) is 5.02 Å². The van der Waals surface area contributed by atoms with Gasteiger partial charge in [0.25, 0.3) is 0 Å². The number of hydrogen-bond donors (Lipinski definition) is 1. The zero-order valence-corrected chi connectivity index (χ0v) is 16.0. The SMILES string of the molecule is CN(C)CCC[C@]1(O)c2ccccc2CCC[C@H]1c1ccc(Cl)cc1. The van der Waals surface area contributed by atoms with Crippen LogP contribution in [0.4, 0.5) is 0 Å². The summed E-state index contributed by atoms with van der Waals surface area (Å²) in [6.45, 7) is 0.984. The van der Waals surface area contributed by atoms with E-state index in [1.165, 1.54) is 11.1 Å². The molecular weight excluding hydrogens is 330 g/mol. The van der Waals surface area contributed by atoms with Gasteiger partial charge in [0.1, 0.15) is 0 Å². The maximum absolute atomic E-state index is 11.9. The van der Waals surface area contributed by atoms with Gasteiger partial charge >= 0.3 is 0 Å². The molecule has 0 fully saturated rings. The van der Waals surface area contributed by atoms with Gasteiger partial charge in [-0.15, -0.1) is 0 Å². The topological polar surface area (TPSA) is 23.5 Å². The van der Waals surface area contributed by atoms with Crippen molar-refractivity contribution >= 4 is 11.6 Å². The molecule has 0 bridgehead atoms. The van der Waals surface area contributed by atoms with Crippen LogP contribution in [-0.4, -0.2) is 30.6 Å². The summed E-state index contributed by atoms with van der Waals surface area (Å²) in [6.07, 6.45) is 4.88. The van der Waals surface area contributed by atoms with Crippen LogP contribution in [0.15, 0.2) is 48.5 Å². The third-order valence-corrected chi connectivity index (χ3v) is 5.69. The van der Waals surface area contributed by atoms with E-state index in [0.29, 0.717) is 0 Å². The molecule has 2 aromatic rings. The average molecular weight is 358 g/mol. The summed E-state index contributed by atoms with van der Waals surface area (Å²) >= 11 is 6.09. The molecule has 0 radical (unpaired) electrons. The van der Waals surface area contributed by atoms with E-state index in [0.717, 1.165) is 49.2 Å². The molecule has 1 aliphatic rings. The van der Waals surface area contributed by atoms with E-state index in [1.807, 2.05) is 12.1 Å². The summed E-state index contributed by atoms with van der Waals surface area (Å²) < 4.78 is 0. The number of halogens is 1. The van der Waals surface area contributed by atoms with Gasteiger partial charge in [0.15, 0.2) is 0 Å². The van der Waals surface area contributed by atoms with E-state index in [-0.39, 0.29) is 5.92 Å². The highest BCUT2D eigenvalue weighted by atomic mass is 35.5. The van der Waals surface area contributed by atoms with Crippen molar-refractivity contribution in [3.8, 4) is 0 Å². The van der Waals surface area contributed by atoms with Gasteiger partial charge in [0, 0.05) is 10.9 Å². The van der Waals surface area contributed by atoms with Gasteiger partial charge in [0.05, 0.1) is 5.60 Å². The summed E-state index contributed by atoms with van der Waals surface area (Å²) in [5, 5.41) is 12.7. The molecule has 0 aromatic heterocycles. The Labute approximate surface area is 156 Å². The first-order valence-electron chi connectivity index (χ1n) is 9.21. The molecule has 3 heteroatoms. The number of hydrogen-bond acceptors (Lipinski definition) is 2. The van der Waals surface area contributed by atoms with Crippen molar-refractivity contribution in [1.82, 2.24) is 4.90 Å². The molecule has 3 rings (SSSR count). The van der Waals surface area contributed by atoms with E-state index in [2.05, 4.69) is 55.4 Å². The summed E-state index contributed by atoms with van der Waals surface area (Å²) in [6, 6.07) is 16.5. The maximum Gasteiger partial charge on any atom is 0.0967 e. The predicted octanol–water partition coefficient (Wildman–Crippen LogP) is 4.99. The molecule has 0 heterocycles. The molecule has 134 valence electrons. The Bertz CT molecular complexity index is 697. The third-order valence-electron chi connectivity index (χ3n) is 5.43. The number of nitrogens with zero attached hydrogens (tertiary/aromatic N) is 1. The van der Waals surface area contributed by atoms with E-state index in [1.54, 1.807) is 0 Å². The summed E-state index contributed by atoms with van der Waals surface area (Å²) in [7, 11) is 4.17. The predicted molar refractivity (Wildman–Crippen MR) is 105 cm³/mol. The quantitative estimate of drug-likeness (QED) is 0.762. The molecular formula is C22H28ClNO. The highest BCUT2D eigenvalue weighted by Crippen LogP contribution is 2.47. The minimum atomic E-state index is -0.822. The average Bonchev–Trinajstić information content (AvgIpc) is 2.73. The normalized spacial score (nSPS) is 23.3. The van der Waals surface area contributed by atoms with E-state index >= 15 is 0 Å². The first-order valence-corrected chi connectivity index (χ1v) is 9.59. The lowest BCUT2D eigenvalue weighted by atomic mass is 9.73. The summed E-state index contributed by atoms with van der Waals surface area (Å²) in [5.74, 6) is 0.107. The van der Waals surface area contributed by atoms with Crippen LogP contribution in [-0.2, 0) is 12.0 Å². The Morgan fingerprint density at radius 2 is 1.84 bits per heavy atom. The van der Waals surface area contributed by atoms with Crippen molar-refractivity contribution < 1.29 is 5.11 Å². The van der Waals surface area contributed by atoms with Gasteiger partial charge in [-0.1, -0.05) is 48.0 Å². The third kappa shape index (κ3) is 4.08. The van der Waals surface area contributed by atoms with Gasteiger partial charge < -0.3 is 10.0 Å². The van der Waals surface area contributed by atoms with Crippen LogP contribution < -0.4 is 0 Å². The Kier molecular flexibility index (Phi) is 5.83. The first kappa shape index (κ1) is 18.4. The molecule has 0 spiro atoms. The smallest absolute Gasteiger partial charge is 0.0967 e.